The van der Waals surface area contributed by atoms with Gasteiger partial charge in [-0.25, -0.2) is 15.0 Å². The molecular formula is C57H33N3S3. The molecule has 63 heavy (non-hydrogen) atoms. The molecule has 13 aromatic rings. The van der Waals surface area contributed by atoms with Gasteiger partial charge in [0.25, 0.3) is 0 Å². The quantitative estimate of drug-likeness (QED) is 0.167. The number of hydrogen-bond donors (Lipinski definition) is 0. The van der Waals surface area contributed by atoms with Crippen LogP contribution in [0.2, 0.25) is 0 Å². The maximum Gasteiger partial charge on any atom is 0.165 e. The summed E-state index contributed by atoms with van der Waals surface area (Å²) >= 11 is 4.46. The minimum atomic E-state index is -0.250. The first kappa shape index (κ1) is 30.6. The molecule has 0 unspecified atom stereocenters. The fraction of sp³-hybridized carbons (Fsp3) is 0. The molecule has 0 bridgehead atoms. The van der Waals surface area contributed by atoms with E-state index in [0.29, 0.717) is 48.5 Å². The van der Waals surface area contributed by atoms with E-state index in [0.717, 1.165) is 79.5 Å². The SMILES string of the molecule is [2H]c1c([2H])c(-c2cccc3sc4ccccc4c23)c2c(sc3c([2H])c(-c4nc(-c5ccc(-c6ccccc6)cc5)nc(-c5cccc6c5sc5c(-c7ccccc7)cccc56)n4)c([2H])c([2H])c32)c1[2H]. The minimum Gasteiger partial charge on any atom is -0.208 e. The lowest BCUT2D eigenvalue weighted by molar-refractivity contribution is 1.08. The maximum atomic E-state index is 9.95. The highest BCUT2D eigenvalue weighted by Crippen LogP contribution is 2.47. The van der Waals surface area contributed by atoms with E-state index in [1.807, 2.05) is 103 Å². The molecule has 9 aromatic carbocycles. The predicted octanol–water partition coefficient (Wildman–Crippen LogP) is 17.0. The predicted molar refractivity (Wildman–Crippen MR) is 271 cm³/mol. The third kappa shape index (κ3) is 6.02. The van der Waals surface area contributed by atoms with Gasteiger partial charge in [0, 0.05) is 77.2 Å². The molecule has 3 nitrogen and oxygen atoms in total. The van der Waals surface area contributed by atoms with Crippen LogP contribution in [-0.2, 0) is 0 Å². The van der Waals surface area contributed by atoms with Gasteiger partial charge in [-0.3, -0.25) is 0 Å². The number of rotatable bonds is 6. The summed E-state index contributed by atoms with van der Waals surface area (Å²) < 4.78 is 62.1. The van der Waals surface area contributed by atoms with Gasteiger partial charge in [0.2, 0.25) is 0 Å². The molecule has 4 heterocycles. The average Bonchev–Trinajstić information content (AvgIpc) is 4.11. The summed E-state index contributed by atoms with van der Waals surface area (Å²) in [7, 11) is 0. The normalized spacial score (nSPS) is 13.1. The van der Waals surface area contributed by atoms with E-state index in [2.05, 4.69) is 60.7 Å². The van der Waals surface area contributed by atoms with Gasteiger partial charge < -0.3 is 0 Å². The molecular weight excluding hydrogens is 823 g/mol. The van der Waals surface area contributed by atoms with Crippen molar-refractivity contribution < 1.29 is 8.22 Å². The van der Waals surface area contributed by atoms with E-state index in [9.17, 15) is 6.85 Å². The van der Waals surface area contributed by atoms with Crippen molar-refractivity contribution in [1.29, 1.82) is 0 Å². The molecule has 0 saturated heterocycles. The van der Waals surface area contributed by atoms with Gasteiger partial charge in [0.15, 0.2) is 17.5 Å². The smallest absolute Gasteiger partial charge is 0.165 e. The number of nitrogens with zero attached hydrogens (tertiary/aromatic N) is 3. The Bertz CT molecular complexity index is 4260. The Kier molecular flexibility index (Phi) is 7.12. The van der Waals surface area contributed by atoms with Crippen molar-refractivity contribution in [3.63, 3.8) is 0 Å². The summed E-state index contributed by atoms with van der Waals surface area (Å²) in [6.07, 6.45) is 0. The van der Waals surface area contributed by atoms with Gasteiger partial charge in [0.1, 0.15) is 0 Å². The van der Waals surface area contributed by atoms with E-state index in [4.69, 9.17) is 16.3 Å². The van der Waals surface area contributed by atoms with Gasteiger partial charge in [-0.1, -0.05) is 170 Å². The number of fused-ring (bicyclic) bond motifs is 9. The molecule has 0 aliphatic carbocycles. The Morgan fingerprint density at radius 2 is 0.889 bits per heavy atom. The Morgan fingerprint density at radius 3 is 1.70 bits per heavy atom. The Hall–Kier alpha value is -7.35. The molecule has 0 amide bonds. The first-order valence-corrected chi connectivity index (χ1v) is 23.0. The first-order chi connectivity index (χ1) is 33.7. The molecule has 6 heteroatoms. The van der Waals surface area contributed by atoms with Crippen LogP contribution in [0.3, 0.4) is 0 Å². The molecule has 0 N–H and O–H groups in total. The summed E-state index contributed by atoms with van der Waals surface area (Å²) in [5.41, 5.74) is 7.03. The zero-order valence-corrected chi connectivity index (χ0v) is 35.6. The fourth-order valence-corrected chi connectivity index (χ4v) is 12.3. The molecule has 4 aromatic heterocycles. The third-order valence-corrected chi connectivity index (χ3v) is 15.1. The van der Waals surface area contributed by atoms with Gasteiger partial charge in [-0.15, -0.1) is 34.0 Å². The maximum absolute atomic E-state index is 9.95. The molecule has 0 aliphatic rings. The van der Waals surface area contributed by atoms with Crippen LogP contribution in [0.25, 0.3) is 128 Å². The Labute approximate surface area is 383 Å². The van der Waals surface area contributed by atoms with Gasteiger partial charge in [-0.05, 0) is 63.7 Å². The molecule has 0 fully saturated rings. The van der Waals surface area contributed by atoms with Crippen LogP contribution < -0.4 is 0 Å². The van der Waals surface area contributed by atoms with E-state index in [-0.39, 0.29) is 47.6 Å². The molecule has 0 atom stereocenters. The minimum absolute atomic E-state index is 0.0649. The standard InChI is InChI=1S/C57H33N3S3/c1-3-13-34(14-4-1)35-27-29-37(30-28-35)55-58-56(60-57(59-55)46-23-10-22-43-42-21-9-18-39(53(42)63-54(43)46)36-15-5-2-6-16-36)38-31-32-45-50(33-38)62-49-26-12-20-41(52(45)49)40-19-11-25-48-51(40)44-17-7-8-24-47(44)61-48/h1-33H/i12D,20D,26D,31D,32D,33D. The highest BCUT2D eigenvalue weighted by atomic mass is 32.1. The molecule has 294 valence electrons. The number of thiophene rings is 3. The van der Waals surface area contributed by atoms with E-state index >= 15 is 0 Å². The second-order valence-electron chi connectivity index (χ2n) is 15.4. The number of aromatic nitrogens is 3. The summed E-state index contributed by atoms with van der Waals surface area (Å²) in [5.74, 6) is 0.798. The van der Waals surface area contributed by atoms with Crippen molar-refractivity contribution in [2.45, 2.75) is 0 Å². The van der Waals surface area contributed by atoms with Gasteiger partial charge in [0.05, 0.1) is 8.22 Å². The van der Waals surface area contributed by atoms with Crippen LogP contribution in [-0.4, -0.2) is 15.0 Å². The number of benzene rings is 9. The van der Waals surface area contributed by atoms with Crippen LogP contribution >= 0.6 is 34.0 Å². The first-order valence-electron chi connectivity index (χ1n) is 23.5. The van der Waals surface area contributed by atoms with Crippen molar-refractivity contribution >= 4 is 94.5 Å². The van der Waals surface area contributed by atoms with E-state index < -0.39 is 0 Å². The summed E-state index contributed by atoms with van der Waals surface area (Å²) in [6.45, 7) is 0. The monoisotopic (exact) mass is 861 g/mol. The lowest BCUT2D eigenvalue weighted by atomic mass is 9.95. The average molecular weight is 862 g/mol. The van der Waals surface area contributed by atoms with Crippen LogP contribution in [0.5, 0.6) is 0 Å². The lowest BCUT2D eigenvalue weighted by Crippen LogP contribution is -2.00. The van der Waals surface area contributed by atoms with E-state index in [1.54, 1.807) is 22.7 Å². The van der Waals surface area contributed by atoms with Crippen molar-refractivity contribution in [2.75, 3.05) is 0 Å². The highest BCUT2D eigenvalue weighted by Gasteiger charge is 2.20. The van der Waals surface area contributed by atoms with Crippen molar-refractivity contribution in [3.8, 4) is 67.5 Å². The summed E-state index contributed by atoms with van der Waals surface area (Å²) in [5, 5.41) is 4.84. The summed E-state index contributed by atoms with van der Waals surface area (Å²) in [6, 6.07) is 54.0. The third-order valence-electron chi connectivity index (χ3n) is 11.7. The molecule has 0 radical (unpaired) electrons. The molecule has 13 rings (SSSR count). The largest absolute Gasteiger partial charge is 0.208 e. The van der Waals surface area contributed by atoms with E-state index in [1.165, 1.54) is 0 Å². The highest BCUT2D eigenvalue weighted by molar-refractivity contribution is 7.27. The van der Waals surface area contributed by atoms with Crippen molar-refractivity contribution in [3.05, 3.63) is 200 Å². The van der Waals surface area contributed by atoms with Crippen LogP contribution in [0.1, 0.15) is 8.22 Å². The number of hydrogen-bond acceptors (Lipinski definition) is 6. The fourth-order valence-electron chi connectivity index (χ4n) is 8.77. The van der Waals surface area contributed by atoms with Crippen LogP contribution in [0, 0.1) is 0 Å². The topological polar surface area (TPSA) is 38.7 Å². The second-order valence-corrected chi connectivity index (χ2v) is 18.5. The molecule has 0 aliphatic heterocycles. The van der Waals surface area contributed by atoms with Gasteiger partial charge >= 0.3 is 0 Å². The van der Waals surface area contributed by atoms with Gasteiger partial charge in [-0.2, -0.15) is 0 Å². The molecule has 0 saturated carbocycles. The lowest BCUT2D eigenvalue weighted by Gasteiger charge is -2.10. The second kappa shape index (κ2) is 14.6. The van der Waals surface area contributed by atoms with Crippen LogP contribution in [0.4, 0.5) is 0 Å². The summed E-state index contributed by atoms with van der Waals surface area (Å²) in [4.78, 5) is 15.3. The molecule has 0 spiro atoms. The Balaban J connectivity index is 1.06. The van der Waals surface area contributed by atoms with Crippen molar-refractivity contribution in [2.24, 2.45) is 0 Å². The van der Waals surface area contributed by atoms with Crippen LogP contribution in [0.15, 0.2) is 200 Å². The zero-order chi connectivity index (χ0) is 46.7. The Morgan fingerprint density at radius 1 is 0.317 bits per heavy atom. The zero-order valence-electron chi connectivity index (χ0n) is 39.2. The van der Waals surface area contributed by atoms with Crippen molar-refractivity contribution in [1.82, 2.24) is 15.0 Å².